The minimum atomic E-state index is -2.93. The molecule has 0 aliphatic heterocycles. The first kappa shape index (κ1) is 11.6. The number of halogens is 2. The Morgan fingerprint density at radius 3 is 2.33 bits per heavy atom. The summed E-state index contributed by atoms with van der Waals surface area (Å²) in [5.74, 6) is -1.14. The van der Waals surface area contributed by atoms with Gasteiger partial charge in [0.05, 0.1) is 0 Å². The summed E-state index contributed by atoms with van der Waals surface area (Å²) in [6.45, 7) is 2.15. The Labute approximate surface area is 87.5 Å². The molecule has 0 radical (unpaired) electrons. The van der Waals surface area contributed by atoms with Crippen molar-refractivity contribution >= 4 is 5.91 Å². The Bertz CT molecular complexity index is 335. The van der Waals surface area contributed by atoms with Crippen molar-refractivity contribution in [3.05, 3.63) is 35.4 Å². The van der Waals surface area contributed by atoms with Gasteiger partial charge in [0, 0.05) is 13.6 Å². The fourth-order valence-electron chi connectivity index (χ4n) is 1.21. The van der Waals surface area contributed by atoms with Gasteiger partial charge in [0.15, 0.2) is 0 Å². The fourth-order valence-corrected chi connectivity index (χ4v) is 1.21. The Kier molecular flexibility index (Phi) is 3.77. The lowest BCUT2D eigenvalue weighted by molar-refractivity contribution is -0.141. The van der Waals surface area contributed by atoms with Crippen molar-refractivity contribution in [3.8, 4) is 0 Å². The van der Waals surface area contributed by atoms with Gasteiger partial charge in [-0.3, -0.25) is 4.79 Å². The SMILES string of the molecule is Cc1ccc(CN(C)C(=O)C(F)F)cc1. The number of alkyl halides is 2. The Balaban J connectivity index is 2.62. The molecule has 0 saturated carbocycles. The monoisotopic (exact) mass is 213 g/mol. The number of hydrogen-bond donors (Lipinski definition) is 0. The van der Waals surface area contributed by atoms with Crippen molar-refractivity contribution in [3.63, 3.8) is 0 Å². The summed E-state index contributed by atoms with van der Waals surface area (Å²) < 4.78 is 24.1. The second-order valence-corrected chi connectivity index (χ2v) is 3.48. The van der Waals surface area contributed by atoms with Gasteiger partial charge in [-0.1, -0.05) is 29.8 Å². The van der Waals surface area contributed by atoms with Crippen molar-refractivity contribution in [2.45, 2.75) is 19.9 Å². The average Bonchev–Trinajstić information content (AvgIpc) is 2.20. The molecule has 2 nitrogen and oxygen atoms in total. The van der Waals surface area contributed by atoms with Crippen LogP contribution in [-0.2, 0) is 11.3 Å². The van der Waals surface area contributed by atoms with Gasteiger partial charge in [0.2, 0.25) is 0 Å². The topological polar surface area (TPSA) is 20.3 Å². The number of amides is 1. The van der Waals surface area contributed by atoms with E-state index in [1.54, 1.807) is 0 Å². The van der Waals surface area contributed by atoms with Gasteiger partial charge in [-0.25, -0.2) is 0 Å². The first-order valence-corrected chi connectivity index (χ1v) is 4.59. The highest BCUT2D eigenvalue weighted by Gasteiger charge is 2.19. The highest BCUT2D eigenvalue weighted by Crippen LogP contribution is 2.07. The van der Waals surface area contributed by atoms with Gasteiger partial charge in [0.25, 0.3) is 5.91 Å². The molecular weight excluding hydrogens is 200 g/mol. The maximum absolute atomic E-state index is 12.1. The molecule has 0 unspecified atom stereocenters. The lowest BCUT2D eigenvalue weighted by atomic mass is 10.1. The van der Waals surface area contributed by atoms with E-state index in [9.17, 15) is 13.6 Å². The highest BCUT2D eigenvalue weighted by atomic mass is 19.3. The minimum Gasteiger partial charge on any atom is -0.336 e. The second-order valence-electron chi connectivity index (χ2n) is 3.48. The number of aryl methyl sites for hydroxylation is 1. The summed E-state index contributed by atoms with van der Waals surface area (Å²) in [6.07, 6.45) is -2.93. The number of carbonyl (C=O) groups is 1. The molecule has 0 heterocycles. The molecule has 0 aliphatic rings. The van der Waals surface area contributed by atoms with Gasteiger partial charge < -0.3 is 4.90 Å². The van der Waals surface area contributed by atoms with E-state index >= 15 is 0 Å². The van der Waals surface area contributed by atoms with Crippen molar-refractivity contribution in [1.82, 2.24) is 4.90 Å². The van der Waals surface area contributed by atoms with Crippen molar-refractivity contribution in [2.24, 2.45) is 0 Å². The zero-order valence-corrected chi connectivity index (χ0v) is 8.71. The Morgan fingerprint density at radius 1 is 1.33 bits per heavy atom. The Hall–Kier alpha value is -1.45. The van der Waals surface area contributed by atoms with E-state index in [-0.39, 0.29) is 6.54 Å². The molecule has 1 aromatic rings. The van der Waals surface area contributed by atoms with Crippen LogP contribution in [0.5, 0.6) is 0 Å². The molecule has 0 N–H and O–H groups in total. The van der Waals surface area contributed by atoms with Crippen LogP contribution in [0.4, 0.5) is 8.78 Å². The predicted octanol–water partition coefficient (Wildman–Crippen LogP) is 2.22. The highest BCUT2D eigenvalue weighted by molar-refractivity contribution is 5.78. The number of rotatable bonds is 3. The van der Waals surface area contributed by atoms with Gasteiger partial charge in [-0.15, -0.1) is 0 Å². The quantitative estimate of drug-likeness (QED) is 0.753. The smallest absolute Gasteiger partial charge is 0.315 e. The zero-order valence-electron chi connectivity index (χ0n) is 8.71. The van der Waals surface area contributed by atoms with Crippen molar-refractivity contribution in [1.29, 1.82) is 0 Å². The molecule has 0 aromatic heterocycles. The van der Waals surface area contributed by atoms with Crippen LogP contribution >= 0.6 is 0 Å². The van der Waals surface area contributed by atoms with Crippen LogP contribution in [0.15, 0.2) is 24.3 Å². The molecule has 1 aromatic carbocycles. The van der Waals surface area contributed by atoms with Gasteiger partial charge in [-0.05, 0) is 12.5 Å². The molecular formula is C11H13F2NO. The largest absolute Gasteiger partial charge is 0.336 e. The van der Waals surface area contributed by atoms with E-state index in [1.807, 2.05) is 31.2 Å². The summed E-state index contributed by atoms with van der Waals surface area (Å²) in [6, 6.07) is 7.42. The molecule has 0 spiro atoms. The standard InChI is InChI=1S/C11H13F2NO/c1-8-3-5-9(6-4-8)7-14(2)11(15)10(12)13/h3-6,10H,7H2,1-2H3. The third-order valence-electron chi connectivity index (χ3n) is 2.10. The molecule has 0 fully saturated rings. The fraction of sp³-hybridized carbons (Fsp3) is 0.364. The predicted molar refractivity (Wildman–Crippen MR) is 53.7 cm³/mol. The van der Waals surface area contributed by atoms with E-state index < -0.39 is 12.3 Å². The second kappa shape index (κ2) is 4.87. The minimum absolute atomic E-state index is 0.212. The lowest BCUT2D eigenvalue weighted by Crippen LogP contribution is -2.31. The summed E-state index contributed by atoms with van der Waals surface area (Å²) in [4.78, 5) is 11.9. The number of nitrogens with zero attached hydrogens (tertiary/aromatic N) is 1. The summed E-state index contributed by atoms with van der Waals surface area (Å²) in [7, 11) is 1.37. The third kappa shape index (κ3) is 3.31. The van der Waals surface area contributed by atoms with Gasteiger partial charge in [0.1, 0.15) is 0 Å². The molecule has 0 aliphatic carbocycles. The van der Waals surface area contributed by atoms with Crippen LogP contribution < -0.4 is 0 Å². The van der Waals surface area contributed by atoms with Crippen LogP contribution in [0.25, 0.3) is 0 Å². The van der Waals surface area contributed by atoms with Crippen LogP contribution in [0, 0.1) is 6.92 Å². The van der Waals surface area contributed by atoms with E-state index in [4.69, 9.17) is 0 Å². The van der Waals surface area contributed by atoms with E-state index in [2.05, 4.69) is 0 Å². The molecule has 1 amide bonds. The molecule has 0 atom stereocenters. The maximum Gasteiger partial charge on any atom is 0.315 e. The average molecular weight is 213 g/mol. The van der Waals surface area contributed by atoms with E-state index in [0.29, 0.717) is 0 Å². The Morgan fingerprint density at radius 2 is 1.87 bits per heavy atom. The van der Waals surface area contributed by atoms with E-state index in [1.165, 1.54) is 7.05 Å². The molecule has 4 heteroatoms. The van der Waals surface area contributed by atoms with Crippen LogP contribution in [0.1, 0.15) is 11.1 Å². The van der Waals surface area contributed by atoms with Crippen molar-refractivity contribution < 1.29 is 13.6 Å². The zero-order chi connectivity index (χ0) is 11.4. The lowest BCUT2D eigenvalue weighted by Gasteiger charge is -2.16. The molecule has 0 bridgehead atoms. The van der Waals surface area contributed by atoms with Crippen LogP contribution in [0.3, 0.4) is 0 Å². The summed E-state index contributed by atoms with van der Waals surface area (Å²) in [5, 5.41) is 0. The van der Waals surface area contributed by atoms with Gasteiger partial charge >= 0.3 is 6.43 Å². The normalized spacial score (nSPS) is 10.5. The molecule has 0 saturated heterocycles. The van der Waals surface area contributed by atoms with Crippen LogP contribution in [-0.4, -0.2) is 24.3 Å². The van der Waals surface area contributed by atoms with Crippen molar-refractivity contribution in [2.75, 3.05) is 7.05 Å². The molecule has 15 heavy (non-hydrogen) atoms. The molecule has 1 rings (SSSR count). The number of hydrogen-bond acceptors (Lipinski definition) is 1. The number of benzene rings is 1. The maximum atomic E-state index is 12.1. The van der Waals surface area contributed by atoms with E-state index in [0.717, 1.165) is 16.0 Å². The molecule has 82 valence electrons. The third-order valence-corrected chi connectivity index (χ3v) is 2.10. The first-order chi connectivity index (χ1) is 7.00. The van der Waals surface area contributed by atoms with Gasteiger partial charge in [-0.2, -0.15) is 8.78 Å². The number of carbonyl (C=O) groups excluding carboxylic acids is 1. The van der Waals surface area contributed by atoms with Crippen LogP contribution in [0.2, 0.25) is 0 Å². The summed E-state index contributed by atoms with van der Waals surface area (Å²) >= 11 is 0. The first-order valence-electron chi connectivity index (χ1n) is 4.59. The summed E-state index contributed by atoms with van der Waals surface area (Å²) in [5.41, 5.74) is 1.94.